The molecule has 0 aromatic heterocycles. The second kappa shape index (κ2) is 4.96. The summed E-state index contributed by atoms with van der Waals surface area (Å²) in [5.41, 5.74) is 6.43. The van der Waals surface area contributed by atoms with Crippen molar-refractivity contribution in [3.05, 3.63) is 18.2 Å². The number of para-hydroxylation sites is 1. The Hall–Kier alpha value is -1.59. The summed E-state index contributed by atoms with van der Waals surface area (Å²) < 4.78 is 40.7. The number of nitrogen functional groups attached to an aromatic ring is 1. The molecule has 1 aromatic rings. The predicted molar refractivity (Wildman–Crippen MR) is 56.6 cm³/mol. The third-order valence-corrected chi connectivity index (χ3v) is 2.01. The van der Waals surface area contributed by atoms with E-state index in [1.807, 2.05) is 0 Å². The zero-order valence-electron chi connectivity index (χ0n) is 8.77. The van der Waals surface area contributed by atoms with E-state index in [9.17, 15) is 13.2 Å². The summed E-state index contributed by atoms with van der Waals surface area (Å²) in [4.78, 5) is 0. The SMILES string of the molecule is COc1cccc(NCCC(F)(F)F)c1N. The van der Waals surface area contributed by atoms with Crippen LogP contribution in [0, 0.1) is 0 Å². The molecule has 16 heavy (non-hydrogen) atoms. The first-order chi connectivity index (χ1) is 7.44. The molecule has 1 aromatic carbocycles. The van der Waals surface area contributed by atoms with Gasteiger partial charge in [-0.1, -0.05) is 6.07 Å². The van der Waals surface area contributed by atoms with Crippen LogP contribution >= 0.6 is 0 Å². The highest BCUT2D eigenvalue weighted by atomic mass is 19.4. The van der Waals surface area contributed by atoms with Gasteiger partial charge < -0.3 is 15.8 Å². The number of alkyl halides is 3. The maximum Gasteiger partial charge on any atom is 0.390 e. The van der Waals surface area contributed by atoms with Gasteiger partial charge in [0.15, 0.2) is 0 Å². The van der Waals surface area contributed by atoms with E-state index in [0.717, 1.165) is 0 Å². The number of hydrogen-bond donors (Lipinski definition) is 2. The van der Waals surface area contributed by atoms with E-state index in [-0.39, 0.29) is 6.54 Å². The minimum absolute atomic E-state index is 0.207. The van der Waals surface area contributed by atoms with Crippen molar-refractivity contribution in [3.63, 3.8) is 0 Å². The van der Waals surface area contributed by atoms with E-state index in [0.29, 0.717) is 17.1 Å². The molecule has 0 fully saturated rings. The molecule has 3 nitrogen and oxygen atoms in total. The number of nitrogens with two attached hydrogens (primary N) is 1. The summed E-state index contributed by atoms with van der Waals surface area (Å²) in [7, 11) is 1.45. The lowest BCUT2D eigenvalue weighted by atomic mass is 10.2. The summed E-state index contributed by atoms with van der Waals surface area (Å²) in [5.74, 6) is 0.442. The molecule has 0 unspecified atom stereocenters. The maximum absolute atomic E-state index is 11.9. The molecule has 0 spiro atoms. The van der Waals surface area contributed by atoms with Crippen molar-refractivity contribution in [1.82, 2.24) is 0 Å². The van der Waals surface area contributed by atoms with Gasteiger partial charge >= 0.3 is 6.18 Å². The van der Waals surface area contributed by atoms with Crippen LogP contribution in [0.1, 0.15) is 6.42 Å². The van der Waals surface area contributed by atoms with Crippen LogP contribution in [0.25, 0.3) is 0 Å². The van der Waals surface area contributed by atoms with Gasteiger partial charge in [-0.05, 0) is 12.1 Å². The van der Waals surface area contributed by atoms with Gasteiger partial charge in [0, 0.05) is 6.54 Å². The maximum atomic E-state index is 11.9. The molecule has 6 heteroatoms. The number of hydrogen-bond acceptors (Lipinski definition) is 3. The summed E-state index contributed by atoms with van der Waals surface area (Å²) in [6.45, 7) is -0.207. The molecule has 90 valence electrons. The Kier molecular flexibility index (Phi) is 3.87. The first-order valence-corrected chi connectivity index (χ1v) is 4.67. The largest absolute Gasteiger partial charge is 0.495 e. The van der Waals surface area contributed by atoms with Gasteiger partial charge in [0.25, 0.3) is 0 Å². The second-order valence-corrected chi connectivity index (χ2v) is 3.21. The highest BCUT2D eigenvalue weighted by molar-refractivity contribution is 5.72. The molecule has 0 radical (unpaired) electrons. The summed E-state index contributed by atoms with van der Waals surface area (Å²) in [6.07, 6.45) is -5.07. The van der Waals surface area contributed by atoms with Crippen LogP contribution in [0.15, 0.2) is 18.2 Å². The Morgan fingerprint density at radius 2 is 2.06 bits per heavy atom. The molecule has 3 N–H and O–H groups in total. The lowest BCUT2D eigenvalue weighted by Gasteiger charge is -2.12. The zero-order valence-corrected chi connectivity index (χ0v) is 8.77. The predicted octanol–water partition coefficient (Wildman–Crippen LogP) is 2.64. The highest BCUT2D eigenvalue weighted by Crippen LogP contribution is 2.29. The number of halogens is 3. The van der Waals surface area contributed by atoms with Crippen molar-refractivity contribution in [3.8, 4) is 5.75 Å². The van der Waals surface area contributed by atoms with Gasteiger partial charge in [-0.3, -0.25) is 0 Å². The number of rotatable bonds is 4. The van der Waals surface area contributed by atoms with Crippen molar-refractivity contribution in [2.24, 2.45) is 0 Å². The Morgan fingerprint density at radius 1 is 1.38 bits per heavy atom. The lowest BCUT2D eigenvalue weighted by Crippen LogP contribution is -2.15. The fourth-order valence-corrected chi connectivity index (χ4v) is 1.22. The fraction of sp³-hybridized carbons (Fsp3) is 0.400. The van der Waals surface area contributed by atoms with Crippen LogP contribution < -0.4 is 15.8 Å². The van der Waals surface area contributed by atoms with Crippen molar-refractivity contribution in [2.45, 2.75) is 12.6 Å². The summed E-state index contributed by atoms with van der Waals surface area (Å²) in [5, 5.41) is 2.62. The molecule has 0 aliphatic carbocycles. The Balaban J connectivity index is 2.61. The molecular weight excluding hydrogens is 221 g/mol. The van der Waals surface area contributed by atoms with E-state index >= 15 is 0 Å². The van der Waals surface area contributed by atoms with Gasteiger partial charge in [-0.2, -0.15) is 13.2 Å². The topological polar surface area (TPSA) is 47.3 Å². The molecule has 0 bridgehead atoms. The number of methoxy groups -OCH3 is 1. The van der Waals surface area contributed by atoms with Crippen molar-refractivity contribution >= 4 is 11.4 Å². The first kappa shape index (κ1) is 12.5. The van der Waals surface area contributed by atoms with Crippen molar-refractivity contribution in [2.75, 3.05) is 24.7 Å². The van der Waals surface area contributed by atoms with Gasteiger partial charge in [0.05, 0.1) is 24.9 Å². The molecule has 0 saturated carbocycles. The van der Waals surface area contributed by atoms with Crippen LogP contribution in [-0.4, -0.2) is 19.8 Å². The molecule has 0 aliphatic heterocycles. The number of benzene rings is 1. The molecule has 0 heterocycles. The van der Waals surface area contributed by atoms with E-state index in [4.69, 9.17) is 10.5 Å². The van der Waals surface area contributed by atoms with E-state index in [2.05, 4.69) is 5.32 Å². The van der Waals surface area contributed by atoms with Crippen LogP contribution in [-0.2, 0) is 0 Å². The van der Waals surface area contributed by atoms with Gasteiger partial charge in [-0.15, -0.1) is 0 Å². The minimum atomic E-state index is -4.17. The second-order valence-electron chi connectivity index (χ2n) is 3.21. The van der Waals surface area contributed by atoms with Gasteiger partial charge in [0.1, 0.15) is 5.75 Å². The number of nitrogens with one attached hydrogen (secondary N) is 1. The first-order valence-electron chi connectivity index (χ1n) is 4.67. The quantitative estimate of drug-likeness (QED) is 0.787. The van der Waals surface area contributed by atoms with Gasteiger partial charge in [-0.25, -0.2) is 0 Å². The van der Waals surface area contributed by atoms with Crippen molar-refractivity contribution < 1.29 is 17.9 Å². The third kappa shape index (κ3) is 3.52. The Bertz CT molecular complexity index is 352. The fourth-order valence-electron chi connectivity index (χ4n) is 1.22. The highest BCUT2D eigenvalue weighted by Gasteiger charge is 2.26. The number of ether oxygens (including phenoxy) is 1. The average Bonchev–Trinajstić information content (AvgIpc) is 2.19. The summed E-state index contributed by atoms with van der Waals surface area (Å²) >= 11 is 0. The molecule has 0 atom stereocenters. The van der Waals surface area contributed by atoms with Crippen LogP contribution in [0.4, 0.5) is 24.5 Å². The lowest BCUT2D eigenvalue weighted by molar-refractivity contribution is -0.131. The Labute approximate surface area is 91.4 Å². The standard InChI is InChI=1S/C10H13F3N2O/c1-16-8-4-2-3-7(9(8)14)15-6-5-10(11,12)13/h2-4,15H,5-6,14H2,1H3. The molecule has 0 saturated heterocycles. The van der Waals surface area contributed by atoms with Crippen LogP contribution in [0.2, 0.25) is 0 Å². The zero-order chi connectivity index (χ0) is 12.2. The third-order valence-electron chi connectivity index (χ3n) is 2.01. The smallest absolute Gasteiger partial charge is 0.390 e. The van der Waals surface area contributed by atoms with Gasteiger partial charge in [0.2, 0.25) is 0 Å². The average molecular weight is 234 g/mol. The van der Waals surface area contributed by atoms with E-state index in [1.54, 1.807) is 18.2 Å². The van der Waals surface area contributed by atoms with Crippen LogP contribution in [0.3, 0.4) is 0 Å². The molecule has 1 rings (SSSR count). The summed E-state index contributed by atoms with van der Waals surface area (Å²) in [6, 6.07) is 4.91. The molecule has 0 amide bonds. The van der Waals surface area contributed by atoms with Crippen molar-refractivity contribution in [1.29, 1.82) is 0 Å². The number of anilines is 2. The van der Waals surface area contributed by atoms with E-state index < -0.39 is 12.6 Å². The van der Waals surface area contributed by atoms with Crippen LogP contribution in [0.5, 0.6) is 5.75 Å². The molecular formula is C10H13F3N2O. The van der Waals surface area contributed by atoms with E-state index in [1.165, 1.54) is 7.11 Å². The monoisotopic (exact) mass is 234 g/mol. The normalized spacial score (nSPS) is 11.2. The minimum Gasteiger partial charge on any atom is -0.495 e. The Morgan fingerprint density at radius 3 is 2.62 bits per heavy atom. The molecule has 0 aliphatic rings.